The Morgan fingerprint density at radius 1 is 1.44 bits per heavy atom. The molecule has 0 spiro atoms. The average Bonchev–Trinajstić information content (AvgIpc) is 1.90. The quantitative estimate of drug-likeness (QED) is 0.626. The van der Waals surface area contributed by atoms with Crippen molar-refractivity contribution in [3.8, 4) is 0 Å². The van der Waals surface area contributed by atoms with Crippen molar-refractivity contribution in [2.45, 2.75) is 26.7 Å². The van der Waals surface area contributed by atoms with Gasteiger partial charge in [0.15, 0.2) is 5.78 Å². The summed E-state index contributed by atoms with van der Waals surface area (Å²) in [5.74, 6) is 0.231. The fourth-order valence-electron chi connectivity index (χ4n) is 0.562. The van der Waals surface area contributed by atoms with Crippen LogP contribution in [0, 0.1) is 0 Å². The van der Waals surface area contributed by atoms with Crippen LogP contribution in [0.5, 0.6) is 0 Å². The van der Waals surface area contributed by atoms with Crippen molar-refractivity contribution in [2.24, 2.45) is 0 Å². The van der Waals surface area contributed by atoms with E-state index in [2.05, 4.69) is 15.9 Å². The Morgan fingerprint density at radius 2 is 2.00 bits per heavy atom. The summed E-state index contributed by atoms with van der Waals surface area (Å²) in [6.07, 6.45) is 1.42. The Hall–Kier alpha value is -0.110. The highest BCUT2D eigenvalue weighted by atomic mass is 79.9. The lowest BCUT2D eigenvalue weighted by molar-refractivity contribution is -0.115. The number of hydrogen-bond donors (Lipinski definition) is 0. The molecule has 2 heteroatoms. The van der Waals surface area contributed by atoms with Gasteiger partial charge in [-0.05, 0) is 11.4 Å². The third-order valence-corrected chi connectivity index (χ3v) is 1.74. The van der Waals surface area contributed by atoms with Crippen LogP contribution in [-0.2, 0) is 4.79 Å². The second-order valence-corrected chi connectivity index (χ2v) is 2.22. The van der Waals surface area contributed by atoms with Crippen LogP contribution in [0.4, 0.5) is 0 Å². The summed E-state index contributed by atoms with van der Waals surface area (Å²) in [6.45, 7) is 3.84. The van der Waals surface area contributed by atoms with E-state index in [0.29, 0.717) is 6.42 Å². The number of carbonyl (C=O) groups excluding carboxylic acids is 1. The fraction of sp³-hybridized carbons (Fsp3) is 0.571. The van der Waals surface area contributed by atoms with Crippen molar-refractivity contribution in [2.75, 3.05) is 0 Å². The van der Waals surface area contributed by atoms with Crippen molar-refractivity contribution >= 4 is 21.7 Å². The summed E-state index contributed by atoms with van der Waals surface area (Å²) in [4.78, 5) is 12.6. The Morgan fingerprint density at radius 3 is 2.11 bits per heavy atom. The Labute approximate surface area is 64.3 Å². The summed E-state index contributed by atoms with van der Waals surface area (Å²) in [6, 6.07) is 0. The molecule has 0 saturated heterocycles. The zero-order valence-electron chi connectivity index (χ0n) is 5.78. The summed E-state index contributed by atoms with van der Waals surface area (Å²) in [7, 11) is 0. The number of carbonyl (C=O) groups is 1. The van der Waals surface area contributed by atoms with E-state index in [1.54, 1.807) is 4.99 Å². The highest BCUT2D eigenvalue weighted by molar-refractivity contribution is 9.11. The molecule has 0 aromatic carbocycles. The smallest absolute Gasteiger partial charge is 0.159 e. The molecule has 0 fully saturated rings. The van der Waals surface area contributed by atoms with Crippen molar-refractivity contribution in [1.29, 1.82) is 0 Å². The second kappa shape index (κ2) is 4.74. The number of allylic oxidation sites excluding steroid dienone is 1. The van der Waals surface area contributed by atoms with Crippen molar-refractivity contribution in [3.05, 3.63) is 10.6 Å². The minimum absolute atomic E-state index is 0.231. The van der Waals surface area contributed by atoms with Crippen LogP contribution in [-0.4, -0.2) is 5.78 Å². The second-order valence-electron chi connectivity index (χ2n) is 1.76. The van der Waals surface area contributed by atoms with Crippen molar-refractivity contribution in [3.63, 3.8) is 0 Å². The molecule has 0 aromatic heterocycles. The van der Waals surface area contributed by atoms with E-state index < -0.39 is 0 Å². The van der Waals surface area contributed by atoms with Gasteiger partial charge in [-0.15, -0.1) is 0 Å². The highest BCUT2D eigenvalue weighted by Gasteiger charge is 2.01. The van der Waals surface area contributed by atoms with Gasteiger partial charge in [0.1, 0.15) is 0 Å². The van der Waals surface area contributed by atoms with E-state index >= 15 is 0 Å². The van der Waals surface area contributed by atoms with Gasteiger partial charge in [-0.3, -0.25) is 4.79 Å². The number of ketones is 1. The van der Waals surface area contributed by atoms with E-state index in [1.165, 1.54) is 0 Å². The minimum atomic E-state index is 0.231. The molecule has 0 rings (SSSR count). The molecule has 0 amide bonds. The molecule has 0 aliphatic carbocycles. The summed E-state index contributed by atoms with van der Waals surface area (Å²) >= 11 is 3.13. The molecule has 0 atom stereocenters. The van der Waals surface area contributed by atoms with Crippen LogP contribution < -0.4 is 0 Å². The monoisotopic (exact) mass is 190 g/mol. The molecule has 52 valence electrons. The summed E-state index contributed by atoms with van der Waals surface area (Å²) < 4.78 is 0. The first kappa shape index (κ1) is 8.89. The third kappa shape index (κ3) is 2.80. The summed E-state index contributed by atoms with van der Waals surface area (Å²) in [5, 5.41) is 0. The van der Waals surface area contributed by atoms with E-state index in [1.807, 2.05) is 13.8 Å². The van der Waals surface area contributed by atoms with Crippen LogP contribution in [0.1, 0.15) is 26.7 Å². The predicted octanol–water partition coefficient (Wildman–Crippen LogP) is 2.65. The normalized spacial score (nSPS) is 11.7. The van der Waals surface area contributed by atoms with Crippen molar-refractivity contribution in [1.82, 2.24) is 0 Å². The van der Waals surface area contributed by atoms with Gasteiger partial charge in [-0.25, -0.2) is 0 Å². The average molecular weight is 191 g/mol. The van der Waals surface area contributed by atoms with E-state index in [4.69, 9.17) is 0 Å². The molecule has 1 nitrogen and oxygen atoms in total. The lowest BCUT2D eigenvalue weighted by Crippen LogP contribution is -1.97. The molecule has 0 radical (unpaired) electrons. The van der Waals surface area contributed by atoms with Crippen molar-refractivity contribution < 1.29 is 4.79 Å². The Kier molecular flexibility index (Phi) is 4.68. The van der Waals surface area contributed by atoms with Crippen LogP contribution >= 0.6 is 15.9 Å². The van der Waals surface area contributed by atoms with Crippen LogP contribution in [0.3, 0.4) is 0 Å². The van der Waals surface area contributed by atoms with Crippen LogP contribution in [0.25, 0.3) is 0 Å². The highest BCUT2D eigenvalue weighted by Crippen LogP contribution is 2.06. The number of Topliss-reactive ketones (excluding diaryl/α,β-unsaturated/α-hetero) is 1. The van der Waals surface area contributed by atoms with Gasteiger partial charge in [0, 0.05) is 12.0 Å². The molecule has 0 aromatic rings. The largest absolute Gasteiger partial charge is 0.295 e. The lowest BCUT2D eigenvalue weighted by Gasteiger charge is -1.96. The maximum absolute atomic E-state index is 10.9. The molecular weight excluding hydrogens is 180 g/mol. The van der Waals surface area contributed by atoms with Gasteiger partial charge in [-0.2, -0.15) is 0 Å². The van der Waals surface area contributed by atoms with Gasteiger partial charge in [0.2, 0.25) is 0 Å². The maximum Gasteiger partial charge on any atom is 0.159 e. The molecule has 0 aliphatic heterocycles. The first-order chi connectivity index (χ1) is 4.26. The molecule has 0 heterocycles. The number of rotatable bonds is 3. The first-order valence-electron chi connectivity index (χ1n) is 3.08. The zero-order chi connectivity index (χ0) is 7.28. The molecular formula is C7H11BrO. The number of halogens is 1. The fourth-order valence-corrected chi connectivity index (χ4v) is 1.14. The zero-order valence-corrected chi connectivity index (χ0v) is 7.36. The maximum atomic E-state index is 10.9. The standard InChI is InChI=1S/C7H11BrO/c1-3-6(5-8)7(9)4-2/h5H,3-4H2,1-2H3/b6-5+. The van der Waals surface area contributed by atoms with Gasteiger partial charge in [-0.1, -0.05) is 29.8 Å². The van der Waals surface area contributed by atoms with Crippen LogP contribution in [0.2, 0.25) is 0 Å². The number of hydrogen-bond acceptors (Lipinski definition) is 1. The minimum Gasteiger partial charge on any atom is -0.295 e. The molecule has 0 N–H and O–H groups in total. The summed E-state index contributed by atoms with van der Waals surface area (Å²) in [5.41, 5.74) is 0.873. The molecule has 0 saturated carbocycles. The van der Waals surface area contributed by atoms with E-state index in [0.717, 1.165) is 12.0 Å². The SMILES string of the molecule is CCC(=O)/C(=C/Br)CC. The van der Waals surface area contributed by atoms with E-state index in [9.17, 15) is 4.79 Å². The molecule has 9 heavy (non-hydrogen) atoms. The topological polar surface area (TPSA) is 17.1 Å². The lowest BCUT2D eigenvalue weighted by atomic mass is 10.1. The molecule has 0 bridgehead atoms. The Balaban J connectivity index is 3.97. The first-order valence-corrected chi connectivity index (χ1v) is 4.00. The predicted molar refractivity (Wildman–Crippen MR) is 42.6 cm³/mol. The van der Waals surface area contributed by atoms with Crippen LogP contribution in [0.15, 0.2) is 10.6 Å². The third-order valence-electron chi connectivity index (χ3n) is 1.19. The molecule has 0 unspecified atom stereocenters. The molecule has 0 aliphatic rings. The van der Waals surface area contributed by atoms with E-state index in [-0.39, 0.29) is 5.78 Å². The van der Waals surface area contributed by atoms with Gasteiger partial charge < -0.3 is 0 Å². The van der Waals surface area contributed by atoms with Gasteiger partial charge in [0.05, 0.1) is 0 Å². The Bertz CT molecular complexity index is 127. The van der Waals surface area contributed by atoms with Gasteiger partial charge in [0.25, 0.3) is 0 Å². The van der Waals surface area contributed by atoms with Gasteiger partial charge >= 0.3 is 0 Å².